The highest BCUT2D eigenvalue weighted by atomic mass is 16.5. The zero-order chi connectivity index (χ0) is 20.2. The molecule has 3 aromatic rings. The van der Waals surface area contributed by atoms with E-state index in [0.717, 1.165) is 5.57 Å². The van der Waals surface area contributed by atoms with Crippen molar-refractivity contribution in [2.75, 3.05) is 7.11 Å². The Morgan fingerprint density at radius 3 is 2.64 bits per heavy atom. The van der Waals surface area contributed by atoms with Gasteiger partial charge in [-0.1, -0.05) is 5.57 Å². The van der Waals surface area contributed by atoms with E-state index < -0.39 is 6.10 Å². The van der Waals surface area contributed by atoms with Gasteiger partial charge in [0.1, 0.15) is 45.8 Å². The van der Waals surface area contributed by atoms with Crippen LogP contribution in [0.3, 0.4) is 0 Å². The Morgan fingerprint density at radius 2 is 1.96 bits per heavy atom. The molecule has 2 heterocycles. The van der Waals surface area contributed by atoms with Gasteiger partial charge >= 0.3 is 0 Å². The molecule has 6 nitrogen and oxygen atoms in total. The lowest BCUT2D eigenvalue weighted by Crippen LogP contribution is -2.22. The topological polar surface area (TPSA) is 89.1 Å². The molecule has 1 aliphatic rings. The third-order valence-corrected chi connectivity index (χ3v) is 4.85. The van der Waals surface area contributed by atoms with Gasteiger partial charge in [-0.25, -0.2) is 0 Å². The van der Waals surface area contributed by atoms with Crippen molar-refractivity contribution in [3.63, 3.8) is 0 Å². The summed E-state index contributed by atoms with van der Waals surface area (Å²) < 4.78 is 17.4. The minimum Gasteiger partial charge on any atom is -0.508 e. The molecule has 1 atom stereocenters. The summed E-state index contributed by atoms with van der Waals surface area (Å²) in [6.07, 6.45) is 1.11. The van der Waals surface area contributed by atoms with E-state index in [2.05, 4.69) is 0 Å². The molecule has 0 aliphatic carbocycles. The average Bonchev–Trinajstić information content (AvgIpc) is 2.63. The Hall–Kier alpha value is -3.41. The van der Waals surface area contributed by atoms with E-state index in [0.29, 0.717) is 33.9 Å². The molecular formula is C22H20O6. The smallest absolute Gasteiger partial charge is 0.204 e. The fraction of sp³-hybridized carbons (Fsp3) is 0.227. The van der Waals surface area contributed by atoms with Gasteiger partial charge in [-0.05, 0) is 39.0 Å². The zero-order valence-electron chi connectivity index (χ0n) is 16.0. The molecule has 144 valence electrons. The summed E-state index contributed by atoms with van der Waals surface area (Å²) in [7, 11) is 1.49. The summed E-state index contributed by atoms with van der Waals surface area (Å²) in [5.74, 6) is 1.08. The first kappa shape index (κ1) is 18.0. The number of hydrogen-bond acceptors (Lipinski definition) is 6. The van der Waals surface area contributed by atoms with E-state index in [1.807, 2.05) is 19.9 Å². The summed E-state index contributed by atoms with van der Waals surface area (Å²) in [6.45, 7) is 5.47. The molecule has 1 aliphatic heterocycles. The molecule has 2 N–H and O–H groups in total. The Kier molecular flexibility index (Phi) is 4.07. The first-order chi connectivity index (χ1) is 13.3. The minimum atomic E-state index is -0.697. The number of allylic oxidation sites excluding steroid dienone is 1. The minimum absolute atomic E-state index is 0.0521. The van der Waals surface area contributed by atoms with Gasteiger partial charge in [0.05, 0.1) is 18.2 Å². The van der Waals surface area contributed by atoms with Crippen molar-refractivity contribution in [1.82, 2.24) is 0 Å². The van der Waals surface area contributed by atoms with Gasteiger partial charge in [-0.2, -0.15) is 0 Å². The van der Waals surface area contributed by atoms with Crippen molar-refractivity contribution in [3.8, 4) is 34.3 Å². The van der Waals surface area contributed by atoms with E-state index in [-0.39, 0.29) is 27.9 Å². The van der Waals surface area contributed by atoms with E-state index in [4.69, 9.17) is 13.9 Å². The molecule has 6 heteroatoms. The number of ether oxygens (including phenoxy) is 2. The van der Waals surface area contributed by atoms with Crippen molar-refractivity contribution in [2.24, 2.45) is 0 Å². The Bertz CT molecular complexity index is 1200. The monoisotopic (exact) mass is 380 g/mol. The number of fused-ring (bicyclic) bond motifs is 4. The lowest BCUT2D eigenvalue weighted by molar-refractivity contribution is 0.243. The molecule has 0 amide bonds. The third-order valence-electron chi connectivity index (χ3n) is 4.85. The maximum Gasteiger partial charge on any atom is 0.204 e. The number of rotatable bonds is 2. The van der Waals surface area contributed by atoms with Crippen LogP contribution in [0.1, 0.15) is 31.1 Å². The highest BCUT2D eigenvalue weighted by Crippen LogP contribution is 2.45. The number of aromatic hydroxyl groups is 2. The maximum atomic E-state index is 13.4. The van der Waals surface area contributed by atoms with Crippen LogP contribution in [0, 0.1) is 6.92 Å². The third kappa shape index (κ3) is 2.60. The number of benzene rings is 2. The maximum absolute atomic E-state index is 13.4. The van der Waals surface area contributed by atoms with Crippen molar-refractivity contribution < 1.29 is 24.1 Å². The summed E-state index contributed by atoms with van der Waals surface area (Å²) in [4.78, 5) is 13.4. The standard InChI is InChI=1S/C22H20O6/c1-10(2)7-16-19-21(25)18-17(9-14(26-4)11(3)20(18)24)28-22(19)13-6-5-12(23)8-15(13)27-16/h5-9,16,23-24H,1-4H3. The van der Waals surface area contributed by atoms with Gasteiger partial charge in [0, 0.05) is 17.7 Å². The van der Waals surface area contributed by atoms with Gasteiger partial charge in [-0.15, -0.1) is 0 Å². The summed E-state index contributed by atoms with van der Waals surface area (Å²) in [5, 5.41) is 20.5. The first-order valence-corrected chi connectivity index (χ1v) is 8.84. The number of methoxy groups -OCH3 is 1. The highest BCUT2D eigenvalue weighted by Gasteiger charge is 2.32. The normalized spacial score (nSPS) is 14.8. The van der Waals surface area contributed by atoms with E-state index in [9.17, 15) is 15.0 Å². The molecule has 0 saturated carbocycles. The van der Waals surface area contributed by atoms with Crippen molar-refractivity contribution >= 4 is 11.0 Å². The number of hydrogen-bond donors (Lipinski definition) is 2. The van der Waals surface area contributed by atoms with Crippen LogP contribution in [0.5, 0.6) is 23.0 Å². The van der Waals surface area contributed by atoms with Crippen LogP contribution in [0.4, 0.5) is 0 Å². The van der Waals surface area contributed by atoms with Gasteiger partial charge in [-0.3, -0.25) is 4.79 Å². The molecule has 1 unspecified atom stereocenters. The molecule has 0 bridgehead atoms. The predicted molar refractivity (Wildman–Crippen MR) is 105 cm³/mol. The fourth-order valence-electron chi connectivity index (χ4n) is 3.51. The molecule has 0 spiro atoms. The lowest BCUT2D eigenvalue weighted by Gasteiger charge is -2.26. The molecule has 2 aromatic carbocycles. The molecule has 28 heavy (non-hydrogen) atoms. The first-order valence-electron chi connectivity index (χ1n) is 8.84. The Labute approximate surface area is 161 Å². The van der Waals surface area contributed by atoms with E-state index in [1.54, 1.807) is 19.1 Å². The van der Waals surface area contributed by atoms with E-state index in [1.165, 1.54) is 19.2 Å². The summed E-state index contributed by atoms with van der Waals surface area (Å²) in [5.41, 5.74) is 2.15. The summed E-state index contributed by atoms with van der Waals surface area (Å²) >= 11 is 0. The van der Waals surface area contributed by atoms with Crippen molar-refractivity contribution in [1.29, 1.82) is 0 Å². The van der Waals surface area contributed by atoms with E-state index >= 15 is 0 Å². The van der Waals surface area contributed by atoms with Crippen LogP contribution in [0.2, 0.25) is 0 Å². The van der Waals surface area contributed by atoms with Gasteiger partial charge < -0.3 is 24.1 Å². The Morgan fingerprint density at radius 1 is 1.21 bits per heavy atom. The van der Waals surface area contributed by atoms with Crippen LogP contribution >= 0.6 is 0 Å². The zero-order valence-corrected chi connectivity index (χ0v) is 16.0. The summed E-state index contributed by atoms with van der Waals surface area (Å²) in [6, 6.07) is 6.23. The molecule has 1 aromatic heterocycles. The SMILES string of the molecule is COc1cc2oc3c(c(=O)c2c(O)c1C)C(C=C(C)C)Oc1cc(O)ccc1-3. The van der Waals surface area contributed by atoms with Gasteiger partial charge in [0.25, 0.3) is 0 Å². The molecule has 0 fully saturated rings. The molecule has 0 saturated heterocycles. The number of phenolic OH excluding ortho intramolecular Hbond substituents is 2. The second-order valence-electron chi connectivity index (χ2n) is 7.06. The molecule has 0 radical (unpaired) electrons. The molecular weight excluding hydrogens is 360 g/mol. The van der Waals surface area contributed by atoms with Gasteiger partial charge in [0.2, 0.25) is 5.43 Å². The van der Waals surface area contributed by atoms with Crippen LogP contribution < -0.4 is 14.9 Å². The second kappa shape index (κ2) is 6.34. The highest BCUT2D eigenvalue weighted by molar-refractivity contribution is 5.90. The predicted octanol–water partition coefficient (Wildman–Crippen LogP) is 4.59. The largest absolute Gasteiger partial charge is 0.508 e. The van der Waals surface area contributed by atoms with Crippen molar-refractivity contribution in [2.45, 2.75) is 26.9 Å². The van der Waals surface area contributed by atoms with Crippen LogP contribution in [0.15, 0.2) is 45.1 Å². The van der Waals surface area contributed by atoms with Crippen LogP contribution in [-0.4, -0.2) is 17.3 Å². The number of phenols is 2. The average molecular weight is 380 g/mol. The quantitative estimate of drug-likeness (QED) is 0.632. The lowest BCUT2D eigenvalue weighted by atomic mass is 9.95. The van der Waals surface area contributed by atoms with Crippen LogP contribution in [0.25, 0.3) is 22.3 Å². The molecule has 4 rings (SSSR count). The second-order valence-corrected chi connectivity index (χ2v) is 7.06. The van der Waals surface area contributed by atoms with Crippen molar-refractivity contribution in [3.05, 3.63) is 57.3 Å². The van der Waals surface area contributed by atoms with Gasteiger partial charge in [0.15, 0.2) is 0 Å². The van der Waals surface area contributed by atoms with Crippen LogP contribution in [-0.2, 0) is 0 Å². The fourth-order valence-corrected chi connectivity index (χ4v) is 3.51. The Balaban J connectivity index is 2.14.